The summed E-state index contributed by atoms with van der Waals surface area (Å²) in [6.45, 7) is 47.9. The second-order valence-corrected chi connectivity index (χ2v) is 26.2. The van der Waals surface area contributed by atoms with Crippen LogP contribution in [0.15, 0.2) is 111 Å². The predicted molar refractivity (Wildman–Crippen MR) is 349 cm³/mol. The molecule has 0 unspecified atom stereocenters. The predicted octanol–water partition coefficient (Wildman–Crippen LogP) is 14.8. The smallest absolute Gasteiger partial charge is 0.204 e. The van der Waals surface area contributed by atoms with E-state index in [1.807, 2.05) is 60.7 Å². The van der Waals surface area contributed by atoms with Gasteiger partial charge in [0.15, 0.2) is 0 Å². The van der Waals surface area contributed by atoms with Crippen LogP contribution in [0.2, 0.25) is 0 Å². The van der Waals surface area contributed by atoms with Gasteiger partial charge in [0.1, 0.15) is 46.4 Å². The van der Waals surface area contributed by atoms with Gasteiger partial charge in [0.2, 0.25) is 5.82 Å². The highest BCUT2D eigenvalue weighted by atomic mass is 14.9. The molecule has 11 heteroatoms. The molecule has 7 aromatic heterocycles. The first-order valence-electron chi connectivity index (χ1n) is 27.4. The average molecular weight is 1120 g/mol. The molecule has 0 aliphatic carbocycles. The fraction of sp³-hybridized carbons (Fsp3) is 0.384. The Morgan fingerprint density at radius 2 is 0.857 bits per heavy atom. The van der Waals surface area contributed by atoms with E-state index in [2.05, 4.69) is 242 Å². The van der Waals surface area contributed by atoms with Crippen LogP contribution < -0.4 is 0 Å². The summed E-state index contributed by atoms with van der Waals surface area (Å²) in [5.41, 5.74) is 10.1. The Morgan fingerprint density at radius 3 is 1.33 bits per heavy atom. The van der Waals surface area contributed by atoms with Crippen molar-refractivity contribution in [3.8, 4) is 74.1 Å². The van der Waals surface area contributed by atoms with Crippen molar-refractivity contribution in [2.45, 2.75) is 183 Å². The normalized spacial score (nSPS) is 10.9. The Bertz CT molecular complexity index is 3090. The van der Waals surface area contributed by atoms with E-state index in [0.29, 0.717) is 28.6 Å². The largest absolute Gasteiger partial charge is 0.248 e. The first-order chi connectivity index (χ1) is 38.8. The molecule has 0 aromatic carbocycles. The standard InChI is InChI=1S/3C11H13N.2C10H12N2.C10H14N2.C10H12N2/c1-5-10-8-9(6-7-12-10)11(2,3)4;1-5-10-9(11(2,3)4)7-6-8-12-10;1-5-9-7-6-8-10(12-9)11(2,3)4;1-5-8-6-9(10(2,3)4)12-7-11-8;1-5-9-11-7-6-8(12-9)10(2,3)4;2*1-5-8-6-7-11-9(12-8)10(2,3)4/h3*1,6-8H,2-4H3;2*1,6-7H,2-4H3;5-7H,1H2,2-4H3;1,6-7H,2-4H3. The number of nitrogens with zero attached hydrogens (tertiary/aromatic N) is 11. The SMILES string of the molecule is C#Cc1cc(C(C)(C)C)ccn1.C#Cc1cc(C(C)(C)C)ncn1.C#Cc1cccc(C(C)(C)C)n1.C#Cc1ccnc(C(C)(C)C)n1.C#Cc1nccc(C(C)(C)C)n1.C#Cc1ncccc1C(C)(C)C.C=Cc1ccnc(C(C)(C)C)n1. The molecule has 11 nitrogen and oxygen atoms in total. The Kier molecular flexibility index (Phi) is 28.2. The Morgan fingerprint density at radius 1 is 0.357 bits per heavy atom. The van der Waals surface area contributed by atoms with Crippen molar-refractivity contribution in [3.63, 3.8) is 0 Å². The maximum Gasteiger partial charge on any atom is 0.204 e. The van der Waals surface area contributed by atoms with Crippen LogP contribution in [-0.2, 0) is 37.9 Å². The molecule has 0 spiro atoms. The third-order valence-corrected chi connectivity index (χ3v) is 11.4. The summed E-state index contributed by atoms with van der Waals surface area (Å²) in [6.07, 6.45) is 43.4. The van der Waals surface area contributed by atoms with Crippen molar-refractivity contribution in [2.24, 2.45) is 0 Å². The summed E-state index contributed by atoms with van der Waals surface area (Å²) in [5.74, 6) is 17.2. The molecule has 0 saturated carbocycles. The number of hydrogen-bond acceptors (Lipinski definition) is 11. The van der Waals surface area contributed by atoms with Crippen molar-refractivity contribution < 1.29 is 0 Å². The Hall–Kier alpha value is -9.13. The van der Waals surface area contributed by atoms with Crippen LogP contribution in [0, 0.1) is 74.1 Å². The highest BCUT2D eigenvalue weighted by Gasteiger charge is 2.20. The fourth-order valence-corrected chi connectivity index (χ4v) is 6.37. The summed E-state index contributed by atoms with van der Waals surface area (Å²) in [4.78, 5) is 45.6. The van der Waals surface area contributed by atoms with Gasteiger partial charge in [0.25, 0.3) is 0 Å². The molecule has 84 heavy (non-hydrogen) atoms. The molecule has 7 rings (SSSR count). The van der Waals surface area contributed by atoms with Crippen LogP contribution in [0.25, 0.3) is 6.08 Å². The average Bonchev–Trinajstić information content (AvgIpc) is 3.56. The van der Waals surface area contributed by atoms with Crippen LogP contribution in [0.1, 0.15) is 225 Å². The summed E-state index contributed by atoms with van der Waals surface area (Å²) in [7, 11) is 0. The molecule has 0 radical (unpaired) electrons. The van der Waals surface area contributed by atoms with Crippen molar-refractivity contribution in [3.05, 3.63) is 190 Å². The molecule has 7 heterocycles. The third kappa shape index (κ3) is 27.1. The van der Waals surface area contributed by atoms with E-state index in [4.69, 9.17) is 38.5 Å². The molecule has 0 aliphatic heterocycles. The van der Waals surface area contributed by atoms with Gasteiger partial charge >= 0.3 is 0 Å². The van der Waals surface area contributed by atoms with Gasteiger partial charge in [-0.3, -0.25) is 0 Å². The quantitative estimate of drug-likeness (QED) is 0.145. The fourth-order valence-electron chi connectivity index (χ4n) is 6.37. The minimum absolute atomic E-state index is 0.0129. The van der Waals surface area contributed by atoms with Gasteiger partial charge in [-0.15, -0.1) is 38.5 Å². The lowest BCUT2D eigenvalue weighted by atomic mass is 9.86. The van der Waals surface area contributed by atoms with Crippen molar-refractivity contribution >= 4 is 6.08 Å². The molecular formula is C73H89N11. The maximum absolute atomic E-state index is 5.33. The second-order valence-electron chi connectivity index (χ2n) is 26.2. The monoisotopic (exact) mass is 1120 g/mol. The lowest BCUT2D eigenvalue weighted by Gasteiger charge is -2.19. The van der Waals surface area contributed by atoms with Gasteiger partial charge in [0, 0.05) is 63.8 Å². The molecule has 0 amide bonds. The van der Waals surface area contributed by atoms with Gasteiger partial charge in [-0.25, -0.2) is 54.8 Å². The topological polar surface area (TPSA) is 142 Å². The number of rotatable bonds is 1. The minimum Gasteiger partial charge on any atom is -0.248 e. The maximum atomic E-state index is 5.33. The highest BCUT2D eigenvalue weighted by Crippen LogP contribution is 2.25. The molecule has 0 fully saturated rings. The second kappa shape index (κ2) is 32.5. The van der Waals surface area contributed by atoms with E-state index < -0.39 is 0 Å². The van der Waals surface area contributed by atoms with Crippen LogP contribution in [0.5, 0.6) is 0 Å². The Labute approximate surface area is 506 Å². The lowest BCUT2D eigenvalue weighted by molar-refractivity contribution is 0.544. The van der Waals surface area contributed by atoms with Gasteiger partial charge in [-0.2, -0.15) is 0 Å². The summed E-state index contributed by atoms with van der Waals surface area (Å²) >= 11 is 0. The van der Waals surface area contributed by atoms with E-state index in [1.54, 1.807) is 43.1 Å². The van der Waals surface area contributed by atoms with E-state index >= 15 is 0 Å². The molecule has 0 atom stereocenters. The van der Waals surface area contributed by atoms with Crippen LogP contribution in [0.4, 0.5) is 0 Å². The van der Waals surface area contributed by atoms with Crippen molar-refractivity contribution in [2.75, 3.05) is 0 Å². The van der Waals surface area contributed by atoms with Gasteiger partial charge < -0.3 is 0 Å². The van der Waals surface area contributed by atoms with Gasteiger partial charge in [-0.1, -0.05) is 188 Å². The highest BCUT2D eigenvalue weighted by molar-refractivity contribution is 5.41. The summed E-state index contributed by atoms with van der Waals surface area (Å²) < 4.78 is 0. The minimum atomic E-state index is -0.0349. The van der Waals surface area contributed by atoms with Crippen LogP contribution in [0.3, 0.4) is 0 Å². The zero-order valence-electron chi connectivity index (χ0n) is 54.0. The molecular weight excluding hydrogens is 1030 g/mol. The van der Waals surface area contributed by atoms with Crippen molar-refractivity contribution in [1.29, 1.82) is 0 Å². The summed E-state index contributed by atoms with van der Waals surface area (Å²) in [5, 5.41) is 0. The number of hydrogen-bond donors (Lipinski definition) is 0. The molecule has 7 aromatic rings. The first kappa shape index (κ1) is 72.9. The van der Waals surface area contributed by atoms with E-state index in [1.165, 1.54) is 11.9 Å². The molecule has 0 saturated heterocycles. The zero-order valence-corrected chi connectivity index (χ0v) is 54.0. The Balaban J connectivity index is 0.000000490. The number of terminal acetylenes is 6. The number of aromatic nitrogens is 11. The molecule has 0 aliphatic rings. The van der Waals surface area contributed by atoms with Crippen LogP contribution >= 0.6 is 0 Å². The van der Waals surface area contributed by atoms with Crippen molar-refractivity contribution in [1.82, 2.24) is 54.8 Å². The zero-order chi connectivity index (χ0) is 64.3. The third-order valence-electron chi connectivity index (χ3n) is 11.4. The van der Waals surface area contributed by atoms with E-state index in [-0.39, 0.29) is 37.9 Å². The van der Waals surface area contributed by atoms with Gasteiger partial charge in [0.05, 0.1) is 17.1 Å². The van der Waals surface area contributed by atoms with E-state index in [0.717, 1.165) is 45.7 Å². The molecule has 0 N–H and O–H groups in total. The molecule has 0 bridgehead atoms. The number of pyridine rings is 3. The molecule has 436 valence electrons. The van der Waals surface area contributed by atoms with Gasteiger partial charge in [-0.05, 0) is 94.5 Å². The van der Waals surface area contributed by atoms with Crippen LogP contribution in [-0.4, -0.2) is 54.8 Å². The lowest BCUT2D eigenvalue weighted by Crippen LogP contribution is -2.16. The first-order valence-corrected chi connectivity index (χ1v) is 27.4. The summed E-state index contributed by atoms with van der Waals surface area (Å²) in [6, 6.07) is 21.0. The van der Waals surface area contributed by atoms with E-state index in [9.17, 15) is 0 Å².